The number of anilines is 2. The number of piperazine rings is 1. The number of nitro benzene ring substituents is 2. The molecule has 0 saturated carbocycles. The molecule has 0 aliphatic carbocycles. The molecule has 1 fully saturated rings. The first-order chi connectivity index (χ1) is 12.0. The molecule has 3 rings (SSSR count). The molecule has 1 heterocycles. The van der Waals surface area contributed by atoms with E-state index in [9.17, 15) is 20.2 Å². The molecule has 1 aliphatic rings. The third kappa shape index (κ3) is 3.63. The van der Waals surface area contributed by atoms with Crippen LogP contribution in [-0.2, 0) is 0 Å². The van der Waals surface area contributed by atoms with Crippen LogP contribution in [0.25, 0.3) is 0 Å². The predicted octanol–water partition coefficient (Wildman–Crippen LogP) is 3.48. The van der Waals surface area contributed by atoms with Gasteiger partial charge in [-0.2, -0.15) is 0 Å². The van der Waals surface area contributed by atoms with Gasteiger partial charge in [0.05, 0.1) is 20.6 Å². The molecule has 0 radical (unpaired) electrons. The molecule has 0 aromatic heterocycles. The van der Waals surface area contributed by atoms with Gasteiger partial charge in [0.25, 0.3) is 11.4 Å². The fraction of sp³-hybridized carbons (Fsp3) is 0.250. The number of nitrogens with zero attached hydrogens (tertiary/aromatic N) is 4. The molecule has 0 spiro atoms. The van der Waals surface area contributed by atoms with E-state index in [4.69, 9.17) is 11.6 Å². The van der Waals surface area contributed by atoms with Crippen LogP contribution in [0.1, 0.15) is 0 Å². The number of rotatable bonds is 4. The van der Waals surface area contributed by atoms with Crippen molar-refractivity contribution < 1.29 is 9.85 Å². The van der Waals surface area contributed by atoms with Crippen LogP contribution in [0.3, 0.4) is 0 Å². The molecular formula is C16H15ClN4O4. The molecule has 0 unspecified atom stereocenters. The highest BCUT2D eigenvalue weighted by atomic mass is 35.5. The van der Waals surface area contributed by atoms with E-state index in [-0.39, 0.29) is 11.4 Å². The van der Waals surface area contributed by atoms with E-state index in [2.05, 4.69) is 9.80 Å². The van der Waals surface area contributed by atoms with Gasteiger partial charge in [0, 0.05) is 56.1 Å². The van der Waals surface area contributed by atoms with Crippen molar-refractivity contribution >= 4 is 34.4 Å². The van der Waals surface area contributed by atoms with Crippen LogP contribution in [0.4, 0.5) is 22.7 Å². The van der Waals surface area contributed by atoms with Gasteiger partial charge in [0.15, 0.2) is 0 Å². The molecule has 2 aromatic carbocycles. The highest BCUT2D eigenvalue weighted by Crippen LogP contribution is 2.31. The summed E-state index contributed by atoms with van der Waals surface area (Å²) in [6.45, 7) is 2.86. The lowest BCUT2D eigenvalue weighted by Crippen LogP contribution is -2.46. The first-order valence-electron chi connectivity index (χ1n) is 7.64. The lowest BCUT2D eigenvalue weighted by Gasteiger charge is -2.37. The molecule has 0 N–H and O–H groups in total. The molecule has 0 atom stereocenters. The van der Waals surface area contributed by atoms with Gasteiger partial charge in [0.1, 0.15) is 0 Å². The zero-order valence-electron chi connectivity index (χ0n) is 13.2. The minimum atomic E-state index is -0.470. The van der Waals surface area contributed by atoms with Crippen molar-refractivity contribution in [1.82, 2.24) is 0 Å². The molecule has 8 nitrogen and oxygen atoms in total. The second-order valence-electron chi connectivity index (χ2n) is 5.64. The molecule has 0 bridgehead atoms. The summed E-state index contributed by atoms with van der Waals surface area (Å²) in [6.07, 6.45) is 0. The Morgan fingerprint density at radius 1 is 0.800 bits per heavy atom. The maximum atomic E-state index is 10.8. The van der Waals surface area contributed by atoms with Crippen molar-refractivity contribution in [1.29, 1.82) is 0 Å². The summed E-state index contributed by atoms with van der Waals surface area (Å²) in [7, 11) is 0. The normalized spacial score (nSPS) is 14.4. The van der Waals surface area contributed by atoms with Crippen molar-refractivity contribution in [2.45, 2.75) is 0 Å². The maximum Gasteiger partial charge on any atom is 0.271 e. The minimum Gasteiger partial charge on any atom is -0.368 e. The van der Waals surface area contributed by atoms with Crippen molar-refractivity contribution in [3.05, 3.63) is 67.7 Å². The van der Waals surface area contributed by atoms with Crippen LogP contribution < -0.4 is 9.80 Å². The largest absolute Gasteiger partial charge is 0.368 e. The molecule has 1 saturated heterocycles. The molecule has 2 aromatic rings. The lowest BCUT2D eigenvalue weighted by molar-refractivity contribution is -0.385. The Hall–Kier alpha value is -2.87. The Morgan fingerprint density at radius 3 is 1.84 bits per heavy atom. The quantitative estimate of drug-likeness (QED) is 0.610. The second kappa shape index (κ2) is 6.94. The summed E-state index contributed by atoms with van der Waals surface area (Å²) >= 11 is 6.18. The van der Waals surface area contributed by atoms with Crippen molar-refractivity contribution in [2.24, 2.45) is 0 Å². The van der Waals surface area contributed by atoms with Gasteiger partial charge in [-0.05, 0) is 18.2 Å². The Balaban J connectivity index is 1.67. The molecular weight excluding hydrogens is 348 g/mol. The Kier molecular flexibility index (Phi) is 4.71. The van der Waals surface area contributed by atoms with Crippen molar-refractivity contribution in [3.8, 4) is 0 Å². The molecule has 0 amide bonds. The number of non-ortho nitro benzene ring substituents is 2. The highest BCUT2D eigenvalue weighted by Gasteiger charge is 2.21. The fourth-order valence-corrected chi connectivity index (χ4v) is 3.15. The standard InChI is InChI=1S/C16H15ClN4O4/c17-15-11-14(21(24)25)5-6-16(15)19-9-7-18(8-10-19)12-1-3-13(4-2-12)20(22)23/h1-6,11H,7-10H2. The number of nitro groups is 2. The Bertz CT molecular complexity index is 804. The predicted molar refractivity (Wildman–Crippen MR) is 95.6 cm³/mol. The van der Waals surface area contributed by atoms with Crippen LogP contribution in [0.5, 0.6) is 0 Å². The average molecular weight is 363 g/mol. The van der Waals surface area contributed by atoms with Crippen molar-refractivity contribution in [2.75, 3.05) is 36.0 Å². The van der Waals surface area contributed by atoms with Crippen LogP contribution in [0.2, 0.25) is 5.02 Å². The van der Waals surface area contributed by atoms with Crippen LogP contribution in [0, 0.1) is 20.2 Å². The summed E-state index contributed by atoms with van der Waals surface area (Å²) in [5.41, 5.74) is 1.74. The zero-order chi connectivity index (χ0) is 18.0. The topological polar surface area (TPSA) is 92.8 Å². The number of halogens is 1. The minimum absolute atomic E-state index is 0.0294. The number of benzene rings is 2. The van der Waals surface area contributed by atoms with E-state index in [0.717, 1.165) is 24.5 Å². The van der Waals surface area contributed by atoms with Gasteiger partial charge < -0.3 is 9.80 Å². The maximum absolute atomic E-state index is 10.8. The van der Waals surface area contributed by atoms with Crippen LogP contribution >= 0.6 is 11.6 Å². The number of hydrogen-bond donors (Lipinski definition) is 0. The van der Waals surface area contributed by atoms with Crippen LogP contribution in [0.15, 0.2) is 42.5 Å². The van der Waals surface area contributed by atoms with E-state index >= 15 is 0 Å². The van der Waals surface area contributed by atoms with E-state index in [1.54, 1.807) is 18.2 Å². The zero-order valence-corrected chi connectivity index (χ0v) is 13.9. The van der Waals surface area contributed by atoms with E-state index in [1.165, 1.54) is 24.3 Å². The van der Waals surface area contributed by atoms with Gasteiger partial charge in [-0.1, -0.05) is 11.6 Å². The third-order valence-electron chi connectivity index (χ3n) is 4.19. The Labute approximate surface area is 148 Å². The van der Waals surface area contributed by atoms with Gasteiger partial charge >= 0.3 is 0 Å². The summed E-state index contributed by atoms with van der Waals surface area (Å²) in [5.74, 6) is 0. The summed E-state index contributed by atoms with van der Waals surface area (Å²) in [6, 6.07) is 11.0. The molecule has 25 heavy (non-hydrogen) atoms. The monoisotopic (exact) mass is 362 g/mol. The SMILES string of the molecule is O=[N+]([O-])c1ccc(N2CCN(c3ccc([N+](=O)[O-])cc3Cl)CC2)cc1. The Morgan fingerprint density at radius 2 is 1.32 bits per heavy atom. The van der Waals surface area contributed by atoms with Gasteiger partial charge in [-0.25, -0.2) is 0 Å². The molecule has 9 heteroatoms. The van der Waals surface area contributed by atoms with Gasteiger partial charge in [-0.15, -0.1) is 0 Å². The third-order valence-corrected chi connectivity index (χ3v) is 4.49. The van der Waals surface area contributed by atoms with Gasteiger partial charge in [-0.3, -0.25) is 20.2 Å². The average Bonchev–Trinajstić information content (AvgIpc) is 2.62. The smallest absolute Gasteiger partial charge is 0.271 e. The molecule has 1 aliphatic heterocycles. The first kappa shape index (κ1) is 17.0. The van der Waals surface area contributed by atoms with E-state index in [1.807, 2.05) is 0 Å². The van der Waals surface area contributed by atoms with Crippen LogP contribution in [-0.4, -0.2) is 36.0 Å². The highest BCUT2D eigenvalue weighted by molar-refractivity contribution is 6.33. The van der Waals surface area contributed by atoms with E-state index in [0.29, 0.717) is 18.1 Å². The van der Waals surface area contributed by atoms with E-state index < -0.39 is 9.85 Å². The van der Waals surface area contributed by atoms with Crippen molar-refractivity contribution in [3.63, 3.8) is 0 Å². The summed E-state index contributed by atoms with van der Waals surface area (Å²) in [4.78, 5) is 24.8. The first-order valence-corrected chi connectivity index (χ1v) is 8.02. The van der Waals surface area contributed by atoms with Gasteiger partial charge in [0.2, 0.25) is 0 Å². The summed E-state index contributed by atoms with van der Waals surface area (Å²) in [5, 5.41) is 21.9. The second-order valence-corrected chi connectivity index (χ2v) is 6.05. The summed E-state index contributed by atoms with van der Waals surface area (Å²) < 4.78 is 0. The fourth-order valence-electron chi connectivity index (χ4n) is 2.86. The number of hydrogen-bond acceptors (Lipinski definition) is 6. The lowest BCUT2D eigenvalue weighted by atomic mass is 10.2. The molecule has 130 valence electrons.